The summed E-state index contributed by atoms with van der Waals surface area (Å²) < 4.78 is 0. The molecule has 0 fully saturated rings. The molecule has 1 aromatic heterocycles. The number of hydrogen-bond donors (Lipinski definition) is 1. The number of hydrogen-bond acceptors (Lipinski definition) is 3. The van der Waals surface area contributed by atoms with E-state index in [4.69, 9.17) is 10.1 Å². The molecule has 0 aliphatic carbocycles. The fourth-order valence-corrected chi connectivity index (χ4v) is 3.10. The maximum Gasteiger partial charge on any atom is 0.0712 e. The minimum Gasteiger partial charge on any atom is -0.396 e. The summed E-state index contributed by atoms with van der Waals surface area (Å²) in [6, 6.07) is 17.5. The summed E-state index contributed by atoms with van der Waals surface area (Å²) in [6.07, 6.45) is 0.683. The highest BCUT2D eigenvalue weighted by molar-refractivity contribution is 5.85. The summed E-state index contributed by atoms with van der Waals surface area (Å²) in [4.78, 5) is 7.05. The molecule has 2 aromatic carbocycles. The van der Waals surface area contributed by atoms with Gasteiger partial charge in [0.15, 0.2) is 0 Å². The van der Waals surface area contributed by atoms with E-state index >= 15 is 0 Å². The highest BCUT2D eigenvalue weighted by atomic mass is 16.2. The Balaban J connectivity index is 1.97. The van der Waals surface area contributed by atoms with Crippen LogP contribution in [0.15, 0.2) is 48.5 Å². The molecule has 25 heavy (non-hydrogen) atoms. The smallest absolute Gasteiger partial charge is 0.0712 e. The van der Waals surface area contributed by atoms with Crippen molar-refractivity contribution in [2.24, 2.45) is 0 Å². The van der Waals surface area contributed by atoms with Crippen LogP contribution in [0.3, 0.4) is 0 Å². The lowest BCUT2D eigenvalue weighted by Crippen LogP contribution is -2.16. The number of aromatic nitrogens is 1. The zero-order chi connectivity index (χ0) is 18.0. The standard InChI is InChI=1S/C22H26N2O/c1-15-13-22(19-8-6-18(7-9-19)16(2)24(3)4)23-21-10-5-17(11-12-25)14-20(15)21/h5-10,13-14,16,25H,11-12H2,1-4H3. The van der Waals surface area contributed by atoms with Crippen LogP contribution in [0.5, 0.6) is 0 Å². The Bertz CT molecular complexity index is 869. The molecule has 0 spiro atoms. The molecule has 1 unspecified atom stereocenters. The van der Waals surface area contributed by atoms with Crippen molar-refractivity contribution in [3.63, 3.8) is 0 Å². The second-order valence-electron chi connectivity index (χ2n) is 6.91. The summed E-state index contributed by atoms with van der Waals surface area (Å²) in [5.74, 6) is 0. The molecule has 1 heterocycles. The zero-order valence-corrected chi connectivity index (χ0v) is 15.5. The molecule has 0 saturated carbocycles. The van der Waals surface area contributed by atoms with E-state index in [9.17, 15) is 0 Å². The third kappa shape index (κ3) is 3.73. The maximum atomic E-state index is 9.13. The highest BCUT2D eigenvalue weighted by Crippen LogP contribution is 2.27. The average molecular weight is 334 g/mol. The molecule has 3 heteroatoms. The first-order chi connectivity index (χ1) is 12.0. The van der Waals surface area contributed by atoms with E-state index in [1.54, 1.807) is 0 Å². The van der Waals surface area contributed by atoms with E-state index in [1.807, 2.05) is 0 Å². The van der Waals surface area contributed by atoms with Crippen molar-refractivity contribution in [3.8, 4) is 11.3 Å². The van der Waals surface area contributed by atoms with Gasteiger partial charge in [0.05, 0.1) is 11.2 Å². The van der Waals surface area contributed by atoms with Crippen LogP contribution in [0.4, 0.5) is 0 Å². The van der Waals surface area contributed by atoms with Gasteiger partial charge in [-0.25, -0.2) is 4.98 Å². The third-order valence-corrected chi connectivity index (χ3v) is 4.94. The average Bonchev–Trinajstić information content (AvgIpc) is 2.62. The van der Waals surface area contributed by atoms with Gasteiger partial charge in [0.25, 0.3) is 0 Å². The van der Waals surface area contributed by atoms with Gasteiger partial charge in [0.1, 0.15) is 0 Å². The van der Waals surface area contributed by atoms with E-state index in [1.165, 1.54) is 11.1 Å². The Kier molecular flexibility index (Phi) is 5.16. The molecular formula is C22H26N2O. The Morgan fingerprint density at radius 1 is 1.04 bits per heavy atom. The summed E-state index contributed by atoms with van der Waals surface area (Å²) >= 11 is 0. The number of aryl methyl sites for hydroxylation is 1. The molecule has 0 saturated heterocycles. The fourth-order valence-electron chi connectivity index (χ4n) is 3.10. The molecule has 3 nitrogen and oxygen atoms in total. The van der Waals surface area contributed by atoms with Gasteiger partial charge >= 0.3 is 0 Å². The summed E-state index contributed by atoms with van der Waals surface area (Å²) in [6.45, 7) is 4.50. The van der Waals surface area contributed by atoms with Crippen LogP contribution in [-0.4, -0.2) is 35.7 Å². The molecular weight excluding hydrogens is 308 g/mol. The Morgan fingerprint density at radius 3 is 2.40 bits per heavy atom. The SMILES string of the molecule is Cc1cc(-c2ccc(C(C)N(C)C)cc2)nc2ccc(CCO)cc12. The van der Waals surface area contributed by atoms with Crippen molar-refractivity contribution in [2.45, 2.75) is 26.3 Å². The van der Waals surface area contributed by atoms with Gasteiger partial charge in [0, 0.05) is 23.6 Å². The lowest BCUT2D eigenvalue weighted by molar-refractivity contribution is 0.299. The van der Waals surface area contributed by atoms with Crippen LogP contribution in [-0.2, 0) is 6.42 Å². The molecule has 3 rings (SSSR count). The Morgan fingerprint density at radius 2 is 1.76 bits per heavy atom. The van der Waals surface area contributed by atoms with Crippen LogP contribution < -0.4 is 0 Å². The number of benzene rings is 2. The van der Waals surface area contributed by atoms with Crippen molar-refractivity contribution in [2.75, 3.05) is 20.7 Å². The second-order valence-corrected chi connectivity index (χ2v) is 6.91. The predicted molar refractivity (Wildman–Crippen MR) is 105 cm³/mol. The summed E-state index contributed by atoms with van der Waals surface area (Å²) in [7, 11) is 4.19. The lowest BCUT2D eigenvalue weighted by Gasteiger charge is -2.20. The van der Waals surface area contributed by atoms with E-state index in [0.717, 1.165) is 27.7 Å². The van der Waals surface area contributed by atoms with Crippen molar-refractivity contribution in [1.82, 2.24) is 9.88 Å². The van der Waals surface area contributed by atoms with Crippen LogP contribution in [0.2, 0.25) is 0 Å². The first kappa shape index (κ1) is 17.6. The zero-order valence-electron chi connectivity index (χ0n) is 15.5. The number of aliphatic hydroxyl groups excluding tert-OH is 1. The third-order valence-electron chi connectivity index (χ3n) is 4.94. The fraction of sp³-hybridized carbons (Fsp3) is 0.318. The van der Waals surface area contributed by atoms with Crippen LogP contribution >= 0.6 is 0 Å². The highest BCUT2D eigenvalue weighted by Gasteiger charge is 2.09. The first-order valence-electron chi connectivity index (χ1n) is 8.77. The van der Waals surface area contributed by atoms with E-state index in [2.05, 4.69) is 81.4 Å². The Hall–Kier alpha value is -2.23. The predicted octanol–water partition coefficient (Wildman–Crippen LogP) is 4.37. The van der Waals surface area contributed by atoms with Gasteiger partial charge in [-0.05, 0) is 69.3 Å². The topological polar surface area (TPSA) is 36.4 Å². The first-order valence-corrected chi connectivity index (χ1v) is 8.77. The van der Waals surface area contributed by atoms with Crippen molar-refractivity contribution in [1.29, 1.82) is 0 Å². The normalized spacial score (nSPS) is 12.7. The minimum absolute atomic E-state index is 0.174. The second kappa shape index (κ2) is 7.34. The van der Waals surface area contributed by atoms with Crippen molar-refractivity contribution >= 4 is 10.9 Å². The van der Waals surface area contributed by atoms with Gasteiger partial charge in [-0.1, -0.05) is 30.3 Å². The monoisotopic (exact) mass is 334 g/mol. The molecule has 0 bridgehead atoms. The lowest BCUT2D eigenvalue weighted by atomic mass is 10.0. The maximum absolute atomic E-state index is 9.13. The van der Waals surface area contributed by atoms with E-state index in [-0.39, 0.29) is 6.61 Å². The molecule has 130 valence electrons. The molecule has 1 atom stereocenters. The Labute approximate surface area is 149 Å². The van der Waals surface area contributed by atoms with Crippen LogP contribution in [0, 0.1) is 6.92 Å². The largest absolute Gasteiger partial charge is 0.396 e. The molecule has 0 aliphatic rings. The number of pyridine rings is 1. The van der Waals surface area contributed by atoms with Crippen LogP contribution in [0.1, 0.15) is 29.7 Å². The molecule has 1 N–H and O–H groups in total. The summed E-state index contributed by atoms with van der Waals surface area (Å²) in [5.41, 5.74) is 6.81. The number of rotatable bonds is 5. The van der Waals surface area contributed by atoms with Gasteiger partial charge in [-0.3, -0.25) is 0 Å². The summed E-state index contributed by atoms with van der Waals surface area (Å²) in [5, 5.41) is 10.3. The number of aliphatic hydroxyl groups is 1. The quantitative estimate of drug-likeness (QED) is 0.753. The van der Waals surface area contributed by atoms with Gasteiger partial charge in [-0.2, -0.15) is 0 Å². The molecule has 0 aliphatic heterocycles. The van der Waals surface area contributed by atoms with Crippen LogP contribution in [0.25, 0.3) is 22.2 Å². The number of nitrogens with zero attached hydrogens (tertiary/aromatic N) is 2. The minimum atomic E-state index is 0.174. The van der Waals surface area contributed by atoms with Gasteiger partial charge < -0.3 is 10.0 Å². The van der Waals surface area contributed by atoms with E-state index in [0.29, 0.717) is 12.5 Å². The van der Waals surface area contributed by atoms with Crippen molar-refractivity contribution in [3.05, 3.63) is 65.2 Å². The van der Waals surface area contributed by atoms with E-state index < -0.39 is 0 Å². The van der Waals surface area contributed by atoms with Gasteiger partial charge in [-0.15, -0.1) is 0 Å². The van der Waals surface area contributed by atoms with Gasteiger partial charge in [0.2, 0.25) is 0 Å². The molecule has 0 radical (unpaired) electrons. The molecule has 3 aromatic rings. The van der Waals surface area contributed by atoms with Crippen molar-refractivity contribution < 1.29 is 5.11 Å². The number of fused-ring (bicyclic) bond motifs is 1. The molecule has 0 amide bonds.